The number of nitrogens with zero attached hydrogens (tertiary/aromatic N) is 1. The first-order valence-electron chi connectivity index (χ1n) is 8.14. The van der Waals surface area contributed by atoms with Crippen LogP contribution in [0.25, 0.3) is 10.8 Å². The van der Waals surface area contributed by atoms with Crippen molar-refractivity contribution in [1.29, 1.82) is 0 Å². The molecule has 1 saturated heterocycles. The van der Waals surface area contributed by atoms with Crippen LogP contribution in [0.5, 0.6) is 0 Å². The number of carbonyl (C=O) groups excluding carboxylic acids is 1. The lowest BCUT2D eigenvalue weighted by Gasteiger charge is -2.24. The summed E-state index contributed by atoms with van der Waals surface area (Å²) in [5, 5.41) is 1.94. The van der Waals surface area contributed by atoms with Crippen LogP contribution in [0.3, 0.4) is 0 Å². The maximum Gasteiger partial charge on any atom is 0.410 e. The number of fused-ring (bicyclic) bond motifs is 1. The summed E-state index contributed by atoms with van der Waals surface area (Å²) in [4.78, 5) is 29.2. The van der Waals surface area contributed by atoms with Crippen molar-refractivity contribution in [3.8, 4) is 0 Å². The van der Waals surface area contributed by atoms with E-state index in [9.17, 15) is 9.59 Å². The van der Waals surface area contributed by atoms with Gasteiger partial charge in [0, 0.05) is 34.6 Å². The van der Waals surface area contributed by atoms with Gasteiger partial charge in [0.2, 0.25) is 0 Å². The number of rotatable bonds is 1. The molecule has 0 radical (unpaired) electrons. The molecule has 0 saturated carbocycles. The molecule has 1 N–H and O–H groups in total. The molecule has 1 aromatic carbocycles. The molecule has 134 valence electrons. The molecule has 7 heteroatoms. The van der Waals surface area contributed by atoms with Crippen LogP contribution in [0, 0.1) is 0 Å². The third kappa shape index (κ3) is 4.01. The van der Waals surface area contributed by atoms with E-state index in [1.54, 1.807) is 17.0 Å². The Hall–Kier alpha value is -1.53. The fourth-order valence-corrected chi connectivity index (χ4v) is 3.52. The minimum atomic E-state index is -0.517. The standard InChI is InChI=1S/C18H20BrClN2O3/c1-18(2,3)25-17(24)22-5-4-10(9-22)15-7-11-6-14(20)13(19)8-12(11)16(23)21-15/h6-8,10H,4-5,9H2,1-3H3,(H,21,23). The summed E-state index contributed by atoms with van der Waals surface area (Å²) in [5.74, 6) is 0.0760. The average Bonchev–Trinajstić information content (AvgIpc) is 2.97. The summed E-state index contributed by atoms with van der Waals surface area (Å²) in [7, 11) is 0. The number of H-pyrrole nitrogens is 1. The van der Waals surface area contributed by atoms with E-state index < -0.39 is 5.60 Å². The van der Waals surface area contributed by atoms with E-state index in [4.69, 9.17) is 16.3 Å². The first-order valence-corrected chi connectivity index (χ1v) is 9.31. The Balaban J connectivity index is 1.85. The number of halogens is 2. The molecule has 1 aromatic heterocycles. The van der Waals surface area contributed by atoms with Crippen molar-refractivity contribution in [1.82, 2.24) is 9.88 Å². The van der Waals surface area contributed by atoms with Crippen LogP contribution in [0.4, 0.5) is 4.79 Å². The average molecular weight is 428 g/mol. The van der Waals surface area contributed by atoms with Crippen molar-refractivity contribution < 1.29 is 9.53 Å². The second-order valence-corrected chi connectivity index (χ2v) is 8.58. The van der Waals surface area contributed by atoms with E-state index >= 15 is 0 Å². The zero-order valence-electron chi connectivity index (χ0n) is 14.4. The molecule has 1 atom stereocenters. The zero-order valence-corrected chi connectivity index (χ0v) is 16.7. The van der Waals surface area contributed by atoms with Crippen LogP contribution in [0.15, 0.2) is 27.5 Å². The highest BCUT2D eigenvalue weighted by molar-refractivity contribution is 9.10. The minimum absolute atomic E-state index is 0.0760. The molecule has 0 bridgehead atoms. The molecule has 1 aliphatic rings. The zero-order chi connectivity index (χ0) is 18.4. The van der Waals surface area contributed by atoms with Gasteiger partial charge in [0.15, 0.2) is 0 Å². The number of likely N-dealkylation sites (tertiary alicyclic amines) is 1. The lowest BCUT2D eigenvalue weighted by molar-refractivity contribution is 0.0292. The van der Waals surface area contributed by atoms with Crippen molar-refractivity contribution in [2.75, 3.05) is 13.1 Å². The molecule has 1 amide bonds. The molecule has 3 rings (SSSR count). The Kier molecular flexibility index (Phi) is 4.86. The Morgan fingerprint density at radius 2 is 2.08 bits per heavy atom. The van der Waals surface area contributed by atoms with Gasteiger partial charge in [-0.1, -0.05) is 11.6 Å². The van der Waals surface area contributed by atoms with E-state index in [0.29, 0.717) is 28.0 Å². The predicted molar refractivity (Wildman–Crippen MR) is 102 cm³/mol. The lowest BCUT2D eigenvalue weighted by atomic mass is 10.0. The Morgan fingerprint density at radius 3 is 2.76 bits per heavy atom. The number of aromatic amines is 1. The summed E-state index contributed by atoms with van der Waals surface area (Å²) < 4.78 is 6.11. The van der Waals surface area contributed by atoms with E-state index in [1.807, 2.05) is 26.8 Å². The highest BCUT2D eigenvalue weighted by atomic mass is 79.9. The van der Waals surface area contributed by atoms with Gasteiger partial charge in [-0.2, -0.15) is 0 Å². The molecular weight excluding hydrogens is 408 g/mol. The van der Waals surface area contributed by atoms with Crippen molar-refractivity contribution in [2.45, 2.75) is 38.7 Å². The van der Waals surface area contributed by atoms with E-state index in [-0.39, 0.29) is 17.6 Å². The van der Waals surface area contributed by atoms with Gasteiger partial charge in [0.05, 0.1) is 5.02 Å². The van der Waals surface area contributed by atoms with Gasteiger partial charge in [-0.05, 0) is 66.7 Å². The van der Waals surface area contributed by atoms with Gasteiger partial charge in [-0.3, -0.25) is 4.79 Å². The van der Waals surface area contributed by atoms with Crippen molar-refractivity contribution in [3.05, 3.63) is 43.7 Å². The highest BCUT2D eigenvalue weighted by Gasteiger charge is 2.31. The third-order valence-corrected chi connectivity index (χ3v) is 5.38. The van der Waals surface area contributed by atoms with Crippen LogP contribution < -0.4 is 5.56 Å². The summed E-state index contributed by atoms with van der Waals surface area (Å²) in [6.45, 7) is 6.69. The fraction of sp³-hybridized carbons (Fsp3) is 0.444. The number of pyridine rings is 1. The number of carbonyl (C=O) groups is 1. The number of benzene rings is 1. The first kappa shape index (κ1) is 18.3. The fourth-order valence-electron chi connectivity index (χ4n) is 3.01. The molecule has 2 aromatic rings. The van der Waals surface area contributed by atoms with Gasteiger partial charge in [-0.15, -0.1) is 0 Å². The van der Waals surface area contributed by atoms with Gasteiger partial charge >= 0.3 is 6.09 Å². The number of hydrogen-bond donors (Lipinski definition) is 1. The van der Waals surface area contributed by atoms with Crippen molar-refractivity contribution in [3.63, 3.8) is 0 Å². The highest BCUT2D eigenvalue weighted by Crippen LogP contribution is 2.31. The quantitative estimate of drug-likeness (QED) is 0.719. The Morgan fingerprint density at radius 1 is 1.36 bits per heavy atom. The number of hydrogen-bond acceptors (Lipinski definition) is 3. The van der Waals surface area contributed by atoms with Crippen LogP contribution >= 0.6 is 27.5 Å². The van der Waals surface area contributed by atoms with Gasteiger partial charge < -0.3 is 14.6 Å². The summed E-state index contributed by atoms with van der Waals surface area (Å²) in [6.07, 6.45) is 0.468. The largest absolute Gasteiger partial charge is 0.444 e. The SMILES string of the molecule is CC(C)(C)OC(=O)N1CCC(c2cc3cc(Cl)c(Br)cc3c(=O)[nH]2)C1. The Bertz CT molecular complexity index is 888. The van der Waals surface area contributed by atoms with Gasteiger partial charge in [0.25, 0.3) is 5.56 Å². The lowest BCUT2D eigenvalue weighted by Crippen LogP contribution is -2.35. The minimum Gasteiger partial charge on any atom is -0.444 e. The van der Waals surface area contributed by atoms with Crippen LogP contribution in [0.1, 0.15) is 38.8 Å². The molecule has 1 aliphatic heterocycles. The third-order valence-electron chi connectivity index (χ3n) is 4.19. The number of ether oxygens (including phenoxy) is 1. The second-order valence-electron chi connectivity index (χ2n) is 7.32. The normalized spacial score (nSPS) is 18.0. The molecule has 0 aliphatic carbocycles. The number of nitrogens with one attached hydrogen (secondary N) is 1. The first-order chi connectivity index (χ1) is 11.6. The van der Waals surface area contributed by atoms with Gasteiger partial charge in [-0.25, -0.2) is 4.79 Å². The monoisotopic (exact) mass is 426 g/mol. The summed E-state index contributed by atoms with van der Waals surface area (Å²) >= 11 is 9.49. The summed E-state index contributed by atoms with van der Waals surface area (Å²) in [6, 6.07) is 5.44. The summed E-state index contributed by atoms with van der Waals surface area (Å²) in [5.41, 5.74) is 0.152. The number of amides is 1. The van der Waals surface area contributed by atoms with Gasteiger partial charge in [0.1, 0.15) is 5.60 Å². The second kappa shape index (κ2) is 6.65. The van der Waals surface area contributed by atoms with E-state index in [1.165, 1.54) is 0 Å². The maximum absolute atomic E-state index is 12.4. The van der Waals surface area contributed by atoms with Crippen LogP contribution in [0.2, 0.25) is 5.02 Å². The molecule has 0 spiro atoms. The molecule has 5 nitrogen and oxygen atoms in total. The topological polar surface area (TPSA) is 62.4 Å². The number of aromatic nitrogens is 1. The smallest absolute Gasteiger partial charge is 0.410 e. The maximum atomic E-state index is 12.4. The molecule has 1 fully saturated rings. The van der Waals surface area contributed by atoms with Crippen LogP contribution in [-0.4, -0.2) is 34.7 Å². The molecular formula is C18H20BrClN2O3. The predicted octanol–water partition coefficient (Wildman–Crippen LogP) is 4.67. The van der Waals surface area contributed by atoms with Crippen molar-refractivity contribution >= 4 is 44.4 Å². The Labute approximate surface area is 159 Å². The van der Waals surface area contributed by atoms with E-state index in [2.05, 4.69) is 20.9 Å². The molecule has 25 heavy (non-hydrogen) atoms. The van der Waals surface area contributed by atoms with E-state index in [0.717, 1.165) is 17.5 Å². The molecule has 2 heterocycles. The molecule has 1 unspecified atom stereocenters. The van der Waals surface area contributed by atoms with Crippen LogP contribution in [-0.2, 0) is 4.74 Å². The van der Waals surface area contributed by atoms with Crippen molar-refractivity contribution in [2.24, 2.45) is 0 Å².